The van der Waals surface area contributed by atoms with Gasteiger partial charge in [-0.1, -0.05) is 12.1 Å². The van der Waals surface area contributed by atoms with E-state index in [2.05, 4.69) is 13.0 Å². The average Bonchev–Trinajstić information content (AvgIpc) is 3.15. The van der Waals surface area contributed by atoms with Crippen molar-refractivity contribution in [2.24, 2.45) is 0 Å². The van der Waals surface area contributed by atoms with Gasteiger partial charge in [0.1, 0.15) is 4.88 Å². The van der Waals surface area contributed by atoms with Crippen molar-refractivity contribution in [3.05, 3.63) is 28.6 Å². The number of carbonyl (C=O) groups excluding carboxylic acids is 1. The van der Waals surface area contributed by atoms with Gasteiger partial charge < -0.3 is 10.6 Å². The molecule has 0 saturated heterocycles. The summed E-state index contributed by atoms with van der Waals surface area (Å²) in [6.45, 7) is 4.85. The average molecular weight is 274 g/mol. The number of rotatable bonds is 3. The van der Waals surface area contributed by atoms with Crippen molar-refractivity contribution >= 4 is 33.0 Å². The molecule has 0 unspecified atom stereocenters. The lowest BCUT2D eigenvalue weighted by atomic mass is 10.1. The normalized spacial score (nSPS) is 14.8. The Balaban J connectivity index is 2.04. The number of nitrogens with zero attached hydrogens (tertiary/aromatic N) is 1. The summed E-state index contributed by atoms with van der Waals surface area (Å²) in [4.78, 5) is 15.2. The number of nitrogens with two attached hydrogens (primary N) is 1. The molecule has 1 fully saturated rings. The summed E-state index contributed by atoms with van der Waals surface area (Å²) in [6, 6.07) is 6.59. The van der Waals surface area contributed by atoms with E-state index >= 15 is 0 Å². The zero-order chi connectivity index (χ0) is 13.6. The fourth-order valence-corrected chi connectivity index (χ4v) is 3.64. The molecule has 4 heteroatoms. The van der Waals surface area contributed by atoms with E-state index in [-0.39, 0.29) is 5.91 Å². The number of fused-ring (bicyclic) bond motifs is 1. The molecule has 0 radical (unpaired) electrons. The lowest BCUT2D eigenvalue weighted by Crippen LogP contribution is -2.32. The Morgan fingerprint density at radius 2 is 2.21 bits per heavy atom. The van der Waals surface area contributed by atoms with Crippen LogP contribution in [0.4, 0.5) is 5.69 Å². The zero-order valence-corrected chi connectivity index (χ0v) is 12.1. The summed E-state index contributed by atoms with van der Waals surface area (Å²) in [5.74, 6) is 0.0985. The van der Waals surface area contributed by atoms with Gasteiger partial charge in [-0.3, -0.25) is 4.79 Å². The van der Waals surface area contributed by atoms with Gasteiger partial charge in [0.2, 0.25) is 0 Å². The highest BCUT2D eigenvalue weighted by atomic mass is 32.1. The summed E-state index contributed by atoms with van der Waals surface area (Å²) in [6.07, 6.45) is 2.26. The van der Waals surface area contributed by atoms with E-state index < -0.39 is 0 Å². The Morgan fingerprint density at radius 3 is 2.84 bits per heavy atom. The molecular formula is C15H18N2OS. The third kappa shape index (κ3) is 2.10. The molecule has 3 nitrogen and oxygen atoms in total. The Bertz CT molecular complexity index is 643. The second-order valence-corrected chi connectivity index (χ2v) is 6.22. The van der Waals surface area contributed by atoms with Crippen LogP contribution in [0, 0.1) is 6.92 Å². The number of nitrogen functional groups attached to an aromatic ring is 1. The molecule has 100 valence electrons. The molecule has 0 aliphatic heterocycles. The predicted molar refractivity (Wildman–Crippen MR) is 80.7 cm³/mol. The zero-order valence-electron chi connectivity index (χ0n) is 11.3. The molecule has 1 aromatic heterocycles. The second-order valence-electron chi connectivity index (χ2n) is 5.17. The fraction of sp³-hybridized carbons (Fsp3) is 0.400. The van der Waals surface area contributed by atoms with Crippen molar-refractivity contribution in [1.82, 2.24) is 4.90 Å². The van der Waals surface area contributed by atoms with E-state index in [0.717, 1.165) is 29.5 Å². The fourth-order valence-electron chi connectivity index (χ4n) is 2.47. The molecule has 2 aromatic rings. The largest absolute Gasteiger partial charge is 0.397 e. The van der Waals surface area contributed by atoms with Crippen LogP contribution in [0.3, 0.4) is 0 Å². The summed E-state index contributed by atoms with van der Waals surface area (Å²) in [5.41, 5.74) is 8.01. The number of benzene rings is 1. The van der Waals surface area contributed by atoms with Gasteiger partial charge in [-0.15, -0.1) is 11.3 Å². The highest BCUT2D eigenvalue weighted by Gasteiger charge is 2.33. The molecule has 19 heavy (non-hydrogen) atoms. The van der Waals surface area contributed by atoms with Crippen molar-refractivity contribution in [2.75, 3.05) is 12.3 Å². The Labute approximate surface area is 117 Å². The highest BCUT2D eigenvalue weighted by molar-refractivity contribution is 7.21. The minimum absolute atomic E-state index is 0.0985. The molecule has 1 aliphatic rings. The van der Waals surface area contributed by atoms with E-state index in [4.69, 9.17) is 5.73 Å². The molecule has 1 aromatic carbocycles. The smallest absolute Gasteiger partial charge is 0.266 e. The maximum Gasteiger partial charge on any atom is 0.266 e. The van der Waals surface area contributed by atoms with E-state index in [0.29, 0.717) is 16.6 Å². The van der Waals surface area contributed by atoms with Crippen molar-refractivity contribution in [3.8, 4) is 0 Å². The minimum atomic E-state index is 0.0985. The molecule has 3 rings (SSSR count). The van der Waals surface area contributed by atoms with Gasteiger partial charge >= 0.3 is 0 Å². The van der Waals surface area contributed by atoms with Gasteiger partial charge in [-0.2, -0.15) is 0 Å². The van der Waals surface area contributed by atoms with Crippen LogP contribution in [0.25, 0.3) is 10.1 Å². The van der Waals surface area contributed by atoms with E-state index in [9.17, 15) is 4.79 Å². The van der Waals surface area contributed by atoms with Crippen molar-refractivity contribution in [1.29, 1.82) is 0 Å². The van der Waals surface area contributed by atoms with Crippen LogP contribution in [0.1, 0.15) is 35.0 Å². The van der Waals surface area contributed by atoms with Crippen LogP contribution < -0.4 is 5.73 Å². The van der Waals surface area contributed by atoms with Crippen LogP contribution in [-0.2, 0) is 0 Å². The van der Waals surface area contributed by atoms with Crippen molar-refractivity contribution in [3.63, 3.8) is 0 Å². The van der Waals surface area contributed by atoms with Crippen LogP contribution in [0.15, 0.2) is 18.2 Å². The number of hydrogen-bond donors (Lipinski definition) is 1. The molecule has 1 saturated carbocycles. The van der Waals surface area contributed by atoms with E-state index in [1.54, 1.807) is 0 Å². The van der Waals surface area contributed by atoms with Crippen molar-refractivity contribution in [2.45, 2.75) is 32.7 Å². The minimum Gasteiger partial charge on any atom is -0.397 e. The molecule has 0 bridgehead atoms. The van der Waals surface area contributed by atoms with Gasteiger partial charge in [0, 0.05) is 22.7 Å². The third-order valence-electron chi connectivity index (χ3n) is 3.67. The number of hydrogen-bond acceptors (Lipinski definition) is 3. The molecule has 2 N–H and O–H groups in total. The topological polar surface area (TPSA) is 46.3 Å². The molecule has 1 heterocycles. The van der Waals surface area contributed by atoms with Gasteiger partial charge in [0.05, 0.1) is 5.69 Å². The van der Waals surface area contributed by atoms with Gasteiger partial charge in [0.15, 0.2) is 0 Å². The number of thiophene rings is 1. The van der Waals surface area contributed by atoms with Gasteiger partial charge in [-0.05, 0) is 38.3 Å². The second kappa shape index (κ2) is 4.53. The first-order valence-corrected chi connectivity index (χ1v) is 7.53. The number of anilines is 1. The molecule has 0 spiro atoms. The number of carbonyl (C=O) groups is 1. The molecule has 0 atom stereocenters. The molecule has 1 aliphatic carbocycles. The number of aryl methyl sites for hydroxylation is 1. The molecule has 1 amide bonds. The summed E-state index contributed by atoms with van der Waals surface area (Å²) < 4.78 is 1.10. The first-order chi connectivity index (χ1) is 9.11. The van der Waals surface area contributed by atoms with Crippen LogP contribution >= 0.6 is 11.3 Å². The first-order valence-electron chi connectivity index (χ1n) is 6.71. The van der Waals surface area contributed by atoms with Crippen LogP contribution in [0.2, 0.25) is 0 Å². The summed E-state index contributed by atoms with van der Waals surface area (Å²) in [7, 11) is 0. The summed E-state index contributed by atoms with van der Waals surface area (Å²) in [5, 5.41) is 1.01. The van der Waals surface area contributed by atoms with Crippen LogP contribution in [-0.4, -0.2) is 23.4 Å². The van der Waals surface area contributed by atoms with Gasteiger partial charge in [0.25, 0.3) is 5.91 Å². The standard InChI is InChI=1S/C15H18N2OS/c1-3-17(10-5-6-10)15(18)14-13(16)11-7-4-9(2)8-12(11)19-14/h4,7-8,10H,3,5-6,16H2,1-2H3. The monoisotopic (exact) mass is 274 g/mol. The quantitative estimate of drug-likeness (QED) is 0.932. The SMILES string of the molecule is CCN(C(=O)c1sc2cc(C)ccc2c1N)C1CC1. The summed E-state index contributed by atoms with van der Waals surface area (Å²) >= 11 is 1.52. The lowest BCUT2D eigenvalue weighted by Gasteiger charge is -2.19. The first kappa shape index (κ1) is 12.5. The Hall–Kier alpha value is -1.55. The van der Waals surface area contributed by atoms with Crippen LogP contribution in [0.5, 0.6) is 0 Å². The highest BCUT2D eigenvalue weighted by Crippen LogP contribution is 2.37. The van der Waals surface area contributed by atoms with Crippen molar-refractivity contribution < 1.29 is 4.79 Å². The third-order valence-corrected chi connectivity index (χ3v) is 4.82. The van der Waals surface area contributed by atoms with E-state index in [1.165, 1.54) is 16.9 Å². The maximum atomic E-state index is 12.6. The maximum absolute atomic E-state index is 12.6. The van der Waals surface area contributed by atoms with Gasteiger partial charge in [-0.25, -0.2) is 0 Å². The Kier molecular flexibility index (Phi) is 2.97. The lowest BCUT2D eigenvalue weighted by molar-refractivity contribution is 0.0758. The predicted octanol–water partition coefficient (Wildman–Crippen LogP) is 3.42. The Morgan fingerprint density at radius 1 is 1.47 bits per heavy atom. The molecular weight excluding hydrogens is 256 g/mol. The number of amides is 1. The van der Waals surface area contributed by atoms with E-state index in [1.807, 2.05) is 24.0 Å².